The van der Waals surface area contributed by atoms with Crippen LogP contribution in [0.4, 0.5) is 21.5 Å². The average Bonchev–Trinajstić information content (AvgIpc) is 3.15. The van der Waals surface area contributed by atoms with Gasteiger partial charge in [-0.2, -0.15) is 0 Å². The first-order valence-electron chi connectivity index (χ1n) is 11.8. The Labute approximate surface area is 223 Å². The fourth-order valence-electron chi connectivity index (χ4n) is 3.87. The fourth-order valence-corrected chi connectivity index (χ4v) is 4.86. The van der Waals surface area contributed by atoms with Crippen molar-refractivity contribution in [1.29, 1.82) is 0 Å². The van der Waals surface area contributed by atoms with Crippen LogP contribution in [0.5, 0.6) is 0 Å². The first-order valence-corrected chi connectivity index (χ1v) is 12.6. The van der Waals surface area contributed by atoms with Crippen LogP contribution in [0.1, 0.15) is 15.9 Å². The lowest BCUT2D eigenvalue weighted by molar-refractivity contribution is -0.120. The highest BCUT2D eigenvalue weighted by molar-refractivity contribution is 8.04. The summed E-state index contributed by atoms with van der Waals surface area (Å²) in [6, 6.07) is 28.5. The maximum atomic E-state index is 13.5. The van der Waals surface area contributed by atoms with E-state index in [1.54, 1.807) is 48.5 Å². The van der Waals surface area contributed by atoms with Crippen LogP contribution in [0.3, 0.4) is 0 Å². The number of halogens is 1. The van der Waals surface area contributed by atoms with Gasteiger partial charge in [0.2, 0.25) is 0 Å². The van der Waals surface area contributed by atoms with Gasteiger partial charge in [-0.05, 0) is 73.7 Å². The fraction of sp³-hybridized carbons (Fsp3) is 0.0333. The smallest absolute Gasteiger partial charge is 0.283 e. The Hall–Kier alpha value is -4.69. The van der Waals surface area contributed by atoms with Crippen molar-refractivity contribution >= 4 is 46.5 Å². The van der Waals surface area contributed by atoms with Crippen molar-refractivity contribution in [3.8, 4) is 0 Å². The van der Waals surface area contributed by atoms with E-state index < -0.39 is 17.6 Å². The molecule has 0 aromatic heterocycles. The Bertz CT molecular complexity index is 1550. The number of nitrogens with one attached hydrogen (secondary N) is 2. The molecule has 4 aromatic carbocycles. The summed E-state index contributed by atoms with van der Waals surface area (Å²) in [5, 5.41) is 5.96. The van der Waals surface area contributed by atoms with Crippen molar-refractivity contribution in [3.05, 3.63) is 131 Å². The number of thioether (sulfide) groups is 1. The molecule has 1 heterocycles. The third-order valence-electron chi connectivity index (χ3n) is 5.79. The summed E-state index contributed by atoms with van der Waals surface area (Å²) in [5.41, 5.74) is 3.15. The Morgan fingerprint density at radius 3 is 2.21 bits per heavy atom. The summed E-state index contributed by atoms with van der Waals surface area (Å²) in [7, 11) is 0. The van der Waals surface area contributed by atoms with Crippen LogP contribution >= 0.6 is 11.8 Å². The number of anilines is 3. The van der Waals surface area contributed by atoms with Crippen molar-refractivity contribution in [2.45, 2.75) is 11.8 Å². The minimum atomic E-state index is -0.543. The Balaban J connectivity index is 1.46. The number of rotatable bonds is 7. The molecular formula is C30H22FN3O3S. The van der Waals surface area contributed by atoms with Crippen LogP contribution in [0, 0.1) is 12.7 Å². The molecule has 0 saturated heterocycles. The first-order chi connectivity index (χ1) is 18.4. The molecule has 3 amide bonds. The van der Waals surface area contributed by atoms with E-state index in [9.17, 15) is 18.8 Å². The van der Waals surface area contributed by atoms with Crippen molar-refractivity contribution < 1.29 is 18.8 Å². The SMILES string of the molecule is Cc1ccc(NC2=C(Sc3cccc(NC(=O)c4ccccc4)c3)C(=O)N(c3ccc(F)cc3)C2=O)cc1. The molecule has 4 aromatic rings. The predicted molar refractivity (Wildman–Crippen MR) is 147 cm³/mol. The minimum Gasteiger partial charge on any atom is -0.350 e. The summed E-state index contributed by atoms with van der Waals surface area (Å²) in [6.45, 7) is 1.95. The molecular weight excluding hydrogens is 501 g/mol. The number of imide groups is 1. The molecule has 5 rings (SSSR count). The Morgan fingerprint density at radius 1 is 0.789 bits per heavy atom. The highest BCUT2D eigenvalue weighted by Crippen LogP contribution is 2.38. The number of nitrogens with zero attached hydrogens (tertiary/aromatic N) is 1. The Morgan fingerprint density at radius 2 is 1.50 bits per heavy atom. The normalized spacial score (nSPS) is 13.2. The zero-order valence-corrected chi connectivity index (χ0v) is 21.1. The van der Waals surface area contributed by atoms with E-state index >= 15 is 0 Å². The van der Waals surface area contributed by atoms with E-state index in [0.717, 1.165) is 22.2 Å². The van der Waals surface area contributed by atoms with Gasteiger partial charge in [-0.15, -0.1) is 0 Å². The molecule has 0 unspecified atom stereocenters. The zero-order valence-electron chi connectivity index (χ0n) is 20.3. The highest BCUT2D eigenvalue weighted by Gasteiger charge is 2.40. The molecule has 6 nitrogen and oxygen atoms in total. The van der Waals surface area contributed by atoms with Gasteiger partial charge in [-0.3, -0.25) is 14.4 Å². The van der Waals surface area contributed by atoms with E-state index in [0.29, 0.717) is 21.8 Å². The summed E-state index contributed by atoms with van der Waals surface area (Å²) in [5.74, 6) is -1.80. The largest absolute Gasteiger partial charge is 0.350 e. The number of carbonyl (C=O) groups is 3. The molecule has 0 saturated carbocycles. The molecule has 0 atom stereocenters. The predicted octanol–water partition coefficient (Wildman–Crippen LogP) is 6.38. The van der Waals surface area contributed by atoms with Gasteiger partial charge in [0.15, 0.2) is 0 Å². The summed E-state index contributed by atoms with van der Waals surface area (Å²) in [6.07, 6.45) is 0. The molecule has 38 heavy (non-hydrogen) atoms. The van der Waals surface area contributed by atoms with Gasteiger partial charge in [0.25, 0.3) is 17.7 Å². The number of aryl methyl sites for hydroxylation is 1. The van der Waals surface area contributed by atoms with Crippen molar-refractivity contribution in [2.24, 2.45) is 0 Å². The molecule has 1 aliphatic heterocycles. The molecule has 0 aliphatic carbocycles. The van der Waals surface area contributed by atoms with Crippen molar-refractivity contribution in [3.63, 3.8) is 0 Å². The van der Waals surface area contributed by atoms with Gasteiger partial charge in [-0.1, -0.05) is 53.7 Å². The number of amides is 3. The van der Waals surface area contributed by atoms with Crippen LogP contribution < -0.4 is 15.5 Å². The van der Waals surface area contributed by atoms with E-state index in [1.807, 2.05) is 37.3 Å². The lowest BCUT2D eigenvalue weighted by Gasteiger charge is -2.15. The summed E-state index contributed by atoms with van der Waals surface area (Å²) >= 11 is 1.11. The summed E-state index contributed by atoms with van der Waals surface area (Å²) < 4.78 is 13.5. The van der Waals surface area contributed by atoms with Gasteiger partial charge >= 0.3 is 0 Å². The second kappa shape index (κ2) is 10.7. The monoisotopic (exact) mass is 523 g/mol. The molecule has 0 spiro atoms. The lowest BCUT2D eigenvalue weighted by Crippen LogP contribution is -2.32. The first kappa shape index (κ1) is 25.0. The third kappa shape index (κ3) is 5.35. The lowest BCUT2D eigenvalue weighted by atomic mass is 10.2. The maximum Gasteiger partial charge on any atom is 0.283 e. The highest BCUT2D eigenvalue weighted by atomic mass is 32.2. The molecule has 0 bridgehead atoms. The van der Waals surface area contributed by atoms with Gasteiger partial charge in [0.1, 0.15) is 16.4 Å². The van der Waals surface area contributed by atoms with Crippen LogP contribution in [-0.2, 0) is 9.59 Å². The standard InChI is InChI=1S/C30H22FN3O3S/c1-19-10-14-22(15-11-19)32-26-27(30(37)34(29(26)36)24-16-12-21(31)13-17-24)38-25-9-5-8-23(18-25)33-28(35)20-6-3-2-4-7-20/h2-18,32H,1H3,(H,33,35). The number of hydrogen-bond donors (Lipinski definition) is 2. The molecule has 1 aliphatic rings. The van der Waals surface area contributed by atoms with Crippen LogP contribution in [0.15, 0.2) is 119 Å². The number of carbonyl (C=O) groups excluding carboxylic acids is 3. The van der Waals surface area contributed by atoms with Crippen molar-refractivity contribution in [2.75, 3.05) is 15.5 Å². The Kier molecular flexibility index (Phi) is 7.06. The molecule has 188 valence electrons. The van der Waals surface area contributed by atoms with E-state index in [4.69, 9.17) is 0 Å². The van der Waals surface area contributed by atoms with E-state index in [1.165, 1.54) is 24.3 Å². The number of benzene rings is 4. The van der Waals surface area contributed by atoms with Crippen LogP contribution in [-0.4, -0.2) is 17.7 Å². The van der Waals surface area contributed by atoms with Crippen LogP contribution in [0.25, 0.3) is 0 Å². The summed E-state index contributed by atoms with van der Waals surface area (Å²) in [4.78, 5) is 41.5. The number of hydrogen-bond acceptors (Lipinski definition) is 5. The zero-order chi connectivity index (χ0) is 26.6. The second-order valence-corrected chi connectivity index (χ2v) is 9.65. The molecule has 8 heteroatoms. The van der Waals surface area contributed by atoms with E-state index in [-0.39, 0.29) is 22.2 Å². The quantitative estimate of drug-likeness (QED) is 0.275. The molecule has 0 radical (unpaired) electrons. The van der Waals surface area contributed by atoms with Crippen molar-refractivity contribution in [1.82, 2.24) is 0 Å². The second-order valence-electron chi connectivity index (χ2n) is 8.57. The average molecular weight is 524 g/mol. The maximum absolute atomic E-state index is 13.5. The van der Waals surface area contributed by atoms with Crippen LogP contribution in [0.2, 0.25) is 0 Å². The minimum absolute atomic E-state index is 0.118. The topological polar surface area (TPSA) is 78.5 Å². The van der Waals surface area contributed by atoms with E-state index in [2.05, 4.69) is 10.6 Å². The molecule has 2 N–H and O–H groups in total. The van der Waals surface area contributed by atoms with Gasteiger partial charge < -0.3 is 10.6 Å². The van der Waals surface area contributed by atoms with Gasteiger partial charge in [-0.25, -0.2) is 9.29 Å². The molecule has 0 fully saturated rings. The third-order valence-corrected chi connectivity index (χ3v) is 6.87. The van der Waals surface area contributed by atoms with Gasteiger partial charge in [0.05, 0.1) is 5.69 Å². The van der Waals surface area contributed by atoms with Gasteiger partial charge in [0, 0.05) is 21.8 Å².